The second-order valence-corrected chi connectivity index (χ2v) is 8.77. The fourth-order valence-electron chi connectivity index (χ4n) is 4.31. The van der Waals surface area contributed by atoms with E-state index < -0.39 is 23.3 Å². The number of carbonyl (C=O) groups is 3. The van der Waals surface area contributed by atoms with Gasteiger partial charge in [-0.25, -0.2) is 0 Å². The quantitative estimate of drug-likeness (QED) is 0.536. The number of primary amides is 1. The Hall–Kier alpha value is -4.59. The molecule has 2 aromatic rings. The van der Waals surface area contributed by atoms with E-state index in [9.17, 15) is 19.6 Å². The number of amides is 3. The van der Waals surface area contributed by atoms with Crippen molar-refractivity contribution in [2.24, 2.45) is 5.73 Å². The molecule has 2 heterocycles. The van der Waals surface area contributed by atoms with Crippen molar-refractivity contribution in [3.05, 3.63) is 60.8 Å². The lowest BCUT2D eigenvalue weighted by Crippen LogP contribution is -2.52. The lowest BCUT2D eigenvalue weighted by atomic mass is 9.98. The lowest BCUT2D eigenvalue weighted by molar-refractivity contribution is -0.127. The number of rotatable bonds is 8. The van der Waals surface area contributed by atoms with E-state index in [4.69, 9.17) is 5.73 Å². The number of nitrogens with one attached hydrogen (secondary N) is 1. The van der Waals surface area contributed by atoms with Crippen LogP contribution in [-0.2, 0) is 15.0 Å². The van der Waals surface area contributed by atoms with Crippen LogP contribution in [0.4, 0.5) is 17.5 Å². The molecule has 1 aromatic heterocycles. The summed E-state index contributed by atoms with van der Waals surface area (Å²) in [4.78, 5) is 44.4. The van der Waals surface area contributed by atoms with Crippen molar-refractivity contribution in [3.8, 4) is 6.07 Å². The normalized spacial score (nSPS) is 17.9. The van der Waals surface area contributed by atoms with E-state index in [0.717, 1.165) is 24.5 Å². The molecule has 2 aliphatic rings. The molecule has 3 N–H and O–H groups in total. The average Bonchev–Trinajstić information content (AvgIpc) is 3.70. The molecule has 2 fully saturated rings. The lowest BCUT2D eigenvalue weighted by Gasteiger charge is -2.37. The van der Waals surface area contributed by atoms with Crippen LogP contribution in [0.5, 0.6) is 0 Å². The minimum atomic E-state index is -0.843. The Morgan fingerprint density at radius 2 is 1.92 bits per heavy atom. The molecule has 0 bridgehead atoms. The fourth-order valence-corrected chi connectivity index (χ4v) is 4.31. The molecule has 1 aromatic carbocycles. The summed E-state index contributed by atoms with van der Waals surface area (Å²) in [6.07, 6.45) is 5.29. The molecular weight excluding hydrogens is 460 g/mol. The molecule has 1 aliphatic heterocycles. The molecule has 184 valence electrons. The van der Waals surface area contributed by atoms with Gasteiger partial charge in [0, 0.05) is 18.8 Å². The van der Waals surface area contributed by atoms with Crippen molar-refractivity contribution < 1.29 is 14.4 Å². The Morgan fingerprint density at radius 3 is 2.50 bits per heavy atom. The SMILES string of the molecule is C=CC(=O)N1CCCC(N(C(=O)C=C)c2nnc(C(N)=O)c(Nc3ccc(C4(C#N)CC4)cc3)n2)C1. The molecule has 36 heavy (non-hydrogen) atoms. The number of aromatic nitrogens is 3. The van der Waals surface area contributed by atoms with Gasteiger partial charge in [-0.1, -0.05) is 25.3 Å². The number of benzene rings is 1. The average molecular weight is 487 g/mol. The van der Waals surface area contributed by atoms with Gasteiger partial charge in [0.2, 0.25) is 5.91 Å². The Labute approximate surface area is 208 Å². The summed E-state index contributed by atoms with van der Waals surface area (Å²) in [5.41, 5.74) is 6.38. The first kappa shape index (κ1) is 24.5. The van der Waals surface area contributed by atoms with Crippen molar-refractivity contribution >= 4 is 35.2 Å². The number of carbonyl (C=O) groups excluding carboxylic acids is 3. The van der Waals surface area contributed by atoms with Crippen molar-refractivity contribution in [2.45, 2.75) is 37.1 Å². The molecule has 11 nitrogen and oxygen atoms in total. The Morgan fingerprint density at radius 1 is 1.19 bits per heavy atom. The van der Waals surface area contributed by atoms with Crippen molar-refractivity contribution in [1.82, 2.24) is 20.1 Å². The molecule has 3 amide bonds. The highest BCUT2D eigenvalue weighted by Crippen LogP contribution is 2.47. The molecular formula is C25H26N8O3. The van der Waals surface area contributed by atoms with E-state index >= 15 is 0 Å². The maximum absolute atomic E-state index is 12.9. The van der Waals surface area contributed by atoms with Gasteiger partial charge in [0.1, 0.15) is 0 Å². The second kappa shape index (κ2) is 9.95. The van der Waals surface area contributed by atoms with Crippen LogP contribution in [0.3, 0.4) is 0 Å². The van der Waals surface area contributed by atoms with Crippen LogP contribution >= 0.6 is 0 Å². The van der Waals surface area contributed by atoms with E-state index in [0.29, 0.717) is 25.1 Å². The third kappa shape index (κ3) is 4.79. The zero-order valence-electron chi connectivity index (χ0n) is 19.7. The predicted molar refractivity (Wildman–Crippen MR) is 132 cm³/mol. The molecule has 1 atom stereocenters. The van der Waals surface area contributed by atoms with E-state index in [1.807, 2.05) is 12.1 Å². The van der Waals surface area contributed by atoms with Crippen LogP contribution < -0.4 is 16.0 Å². The topological polar surface area (TPSA) is 158 Å². The van der Waals surface area contributed by atoms with Crippen LogP contribution in [0.2, 0.25) is 0 Å². The van der Waals surface area contributed by atoms with Crippen molar-refractivity contribution in [2.75, 3.05) is 23.3 Å². The minimum Gasteiger partial charge on any atom is -0.364 e. The highest BCUT2D eigenvalue weighted by Gasteiger charge is 2.44. The first-order chi connectivity index (χ1) is 17.3. The van der Waals surface area contributed by atoms with Gasteiger partial charge in [-0.05, 0) is 55.5 Å². The first-order valence-electron chi connectivity index (χ1n) is 11.5. The summed E-state index contributed by atoms with van der Waals surface area (Å²) in [6, 6.07) is 9.16. The maximum atomic E-state index is 12.9. The van der Waals surface area contributed by atoms with Crippen LogP contribution in [0.1, 0.15) is 41.7 Å². The van der Waals surface area contributed by atoms with E-state index in [2.05, 4.69) is 39.7 Å². The molecule has 11 heteroatoms. The number of nitrogens with two attached hydrogens (primary N) is 1. The van der Waals surface area contributed by atoms with Crippen molar-refractivity contribution in [1.29, 1.82) is 5.26 Å². The smallest absolute Gasteiger partial charge is 0.273 e. The Balaban J connectivity index is 1.65. The summed E-state index contributed by atoms with van der Waals surface area (Å²) < 4.78 is 0. The van der Waals surface area contributed by atoms with Gasteiger partial charge in [0.25, 0.3) is 17.8 Å². The second-order valence-electron chi connectivity index (χ2n) is 8.77. The van der Waals surface area contributed by atoms with Crippen molar-refractivity contribution in [3.63, 3.8) is 0 Å². The number of hydrogen-bond donors (Lipinski definition) is 2. The predicted octanol–water partition coefficient (Wildman–Crippen LogP) is 1.97. The minimum absolute atomic E-state index is 0.0263. The number of anilines is 3. The fraction of sp³-hybridized carbons (Fsp3) is 0.320. The van der Waals surface area contributed by atoms with Crippen LogP contribution in [-0.4, -0.2) is 56.9 Å². The van der Waals surface area contributed by atoms with E-state index in [-0.39, 0.29) is 29.9 Å². The zero-order valence-corrected chi connectivity index (χ0v) is 19.7. The Kier molecular flexibility index (Phi) is 6.78. The van der Waals surface area contributed by atoms with E-state index in [1.54, 1.807) is 17.0 Å². The van der Waals surface area contributed by atoms with Gasteiger partial charge < -0.3 is 16.0 Å². The third-order valence-corrected chi connectivity index (χ3v) is 6.45. The molecule has 1 unspecified atom stereocenters. The van der Waals surface area contributed by atoms with Gasteiger partial charge in [-0.15, -0.1) is 10.2 Å². The maximum Gasteiger partial charge on any atom is 0.273 e. The van der Waals surface area contributed by atoms with Gasteiger partial charge in [0.15, 0.2) is 11.5 Å². The number of piperidine rings is 1. The van der Waals surface area contributed by atoms with Gasteiger partial charge >= 0.3 is 0 Å². The van der Waals surface area contributed by atoms with Crippen LogP contribution in [0.25, 0.3) is 0 Å². The van der Waals surface area contributed by atoms with Gasteiger partial charge in [-0.3, -0.25) is 19.3 Å². The summed E-state index contributed by atoms with van der Waals surface area (Å²) in [5, 5.41) is 20.4. The number of hydrogen-bond acceptors (Lipinski definition) is 8. The van der Waals surface area contributed by atoms with Crippen LogP contribution in [0, 0.1) is 11.3 Å². The number of nitriles is 1. The monoisotopic (exact) mass is 486 g/mol. The third-order valence-electron chi connectivity index (χ3n) is 6.45. The summed E-state index contributed by atoms with van der Waals surface area (Å²) >= 11 is 0. The highest BCUT2D eigenvalue weighted by molar-refractivity contribution is 6.01. The number of likely N-dealkylation sites (tertiary alicyclic amines) is 1. The highest BCUT2D eigenvalue weighted by atomic mass is 16.2. The molecule has 4 rings (SSSR count). The molecule has 0 radical (unpaired) electrons. The van der Waals surface area contributed by atoms with Gasteiger partial charge in [-0.2, -0.15) is 10.2 Å². The molecule has 0 spiro atoms. The zero-order chi connectivity index (χ0) is 25.9. The van der Waals surface area contributed by atoms with E-state index in [1.165, 1.54) is 11.0 Å². The molecule has 1 aliphatic carbocycles. The molecule has 1 saturated carbocycles. The summed E-state index contributed by atoms with van der Waals surface area (Å²) in [6.45, 7) is 7.91. The standard InChI is InChI=1S/C25H26N8O3/c1-3-19(34)32-13-5-6-18(14-32)33(20(35)4-2)24-29-23(21(22(27)36)30-31-24)28-17-9-7-16(8-10-17)25(15-26)11-12-25/h3-4,7-10,18H,1-2,5-6,11-14H2,(H2,27,36)(H,28,29,31). The van der Waals surface area contributed by atoms with Gasteiger partial charge in [0.05, 0.1) is 17.5 Å². The summed E-state index contributed by atoms with van der Waals surface area (Å²) in [7, 11) is 0. The number of nitrogens with zero attached hydrogens (tertiary/aromatic N) is 6. The first-order valence-corrected chi connectivity index (χ1v) is 11.5. The van der Waals surface area contributed by atoms with Crippen LogP contribution in [0.15, 0.2) is 49.6 Å². The molecule has 1 saturated heterocycles. The Bertz CT molecular complexity index is 1260. The summed E-state index contributed by atoms with van der Waals surface area (Å²) in [5.74, 6) is -1.57. The largest absolute Gasteiger partial charge is 0.364 e.